The molecule has 0 radical (unpaired) electrons. The summed E-state index contributed by atoms with van der Waals surface area (Å²) in [5.41, 5.74) is 0.437. The van der Waals surface area contributed by atoms with Gasteiger partial charge in [0, 0.05) is 12.1 Å². The second-order valence-electron chi connectivity index (χ2n) is 6.69. The van der Waals surface area contributed by atoms with Crippen LogP contribution in [0, 0.1) is 5.41 Å². The van der Waals surface area contributed by atoms with Crippen LogP contribution < -0.4 is 10.6 Å². The Hall–Kier alpha value is -0.570. The highest BCUT2D eigenvalue weighted by Crippen LogP contribution is 2.26. The molecule has 0 aromatic rings. The van der Waals surface area contributed by atoms with Crippen LogP contribution in [0.15, 0.2) is 4.99 Å². The Bertz CT molecular complexity index is 261. The highest BCUT2D eigenvalue weighted by atomic mass is 15.1. The summed E-state index contributed by atoms with van der Waals surface area (Å²) < 4.78 is 0. The monoisotopic (exact) mass is 225 g/mol. The minimum absolute atomic E-state index is 0.102. The van der Waals surface area contributed by atoms with Gasteiger partial charge in [-0.1, -0.05) is 20.8 Å². The van der Waals surface area contributed by atoms with Crippen molar-refractivity contribution in [3.63, 3.8) is 0 Å². The molecule has 0 saturated heterocycles. The molecule has 3 nitrogen and oxygen atoms in total. The van der Waals surface area contributed by atoms with Crippen LogP contribution in [0.5, 0.6) is 0 Å². The Balaban J connectivity index is 2.61. The van der Waals surface area contributed by atoms with Crippen molar-refractivity contribution in [1.82, 2.24) is 10.6 Å². The lowest BCUT2D eigenvalue weighted by atomic mass is 9.81. The van der Waals surface area contributed by atoms with E-state index in [1.807, 2.05) is 0 Å². The zero-order chi connectivity index (χ0) is 12.4. The normalized spacial score (nSPS) is 22.9. The summed E-state index contributed by atoms with van der Waals surface area (Å²) in [6.45, 7) is 15.4. The second-order valence-corrected chi connectivity index (χ2v) is 6.69. The van der Waals surface area contributed by atoms with Crippen LogP contribution in [-0.2, 0) is 0 Å². The van der Waals surface area contributed by atoms with Crippen LogP contribution in [0.25, 0.3) is 0 Å². The van der Waals surface area contributed by atoms with Crippen LogP contribution in [0.1, 0.15) is 48.0 Å². The van der Waals surface area contributed by atoms with Crippen molar-refractivity contribution >= 4 is 5.84 Å². The van der Waals surface area contributed by atoms with Gasteiger partial charge in [0.05, 0.1) is 12.6 Å². The minimum Gasteiger partial charge on any atom is -0.368 e. The summed E-state index contributed by atoms with van der Waals surface area (Å²) in [4.78, 5) is 4.57. The molecule has 0 amide bonds. The van der Waals surface area contributed by atoms with E-state index in [0.717, 1.165) is 25.3 Å². The third-order valence-electron chi connectivity index (χ3n) is 2.69. The SMILES string of the molecule is C[C@@H]1NCCN=C1NC(C)(C)CC(C)(C)C. The smallest absolute Gasteiger partial charge is 0.114 e. The molecule has 0 saturated carbocycles. The van der Waals surface area contributed by atoms with Crippen molar-refractivity contribution < 1.29 is 0 Å². The van der Waals surface area contributed by atoms with Crippen LogP contribution in [0.2, 0.25) is 0 Å². The van der Waals surface area contributed by atoms with Crippen LogP contribution in [-0.4, -0.2) is 30.5 Å². The molecule has 0 spiro atoms. The maximum atomic E-state index is 4.57. The second kappa shape index (κ2) is 4.74. The number of nitrogens with one attached hydrogen (secondary N) is 2. The minimum atomic E-state index is 0.102. The quantitative estimate of drug-likeness (QED) is 0.756. The molecule has 1 aliphatic heterocycles. The summed E-state index contributed by atoms with van der Waals surface area (Å²) in [6.07, 6.45) is 1.13. The van der Waals surface area contributed by atoms with E-state index in [1.165, 1.54) is 0 Å². The number of aliphatic imine (C=N–C) groups is 1. The summed E-state index contributed by atoms with van der Waals surface area (Å²) >= 11 is 0. The molecular weight excluding hydrogens is 198 g/mol. The fourth-order valence-corrected chi connectivity index (χ4v) is 2.56. The zero-order valence-corrected chi connectivity index (χ0v) is 11.6. The van der Waals surface area contributed by atoms with Crippen LogP contribution >= 0.6 is 0 Å². The first-order valence-corrected chi connectivity index (χ1v) is 6.26. The van der Waals surface area contributed by atoms with E-state index in [9.17, 15) is 0 Å². The molecule has 16 heavy (non-hydrogen) atoms. The van der Waals surface area contributed by atoms with E-state index < -0.39 is 0 Å². The fraction of sp³-hybridized carbons (Fsp3) is 0.923. The fourth-order valence-electron chi connectivity index (χ4n) is 2.56. The third kappa shape index (κ3) is 4.52. The Labute approximate surface area is 100 Å². The largest absolute Gasteiger partial charge is 0.368 e. The first-order chi connectivity index (χ1) is 7.20. The van der Waals surface area contributed by atoms with Gasteiger partial charge in [-0.15, -0.1) is 0 Å². The van der Waals surface area contributed by atoms with Gasteiger partial charge >= 0.3 is 0 Å². The molecule has 0 fully saturated rings. The van der Waals surface area contributed by atoms with Gasteiger partial charge in [0.1, 0.15) is 5.84 Å². The predicted octanol–water partition coefficient (Wildman–Crippen LogP) is 2.18. The maximum absolute atomic E-state index is 4.57. The molecule has 1 aliphatic rings. The Morgan fingerprint density at radius 2 is 1.94 bits per heavy atom. The zero-order valence-electron chi connectivity index (χ0n) is 11.6. The first kappa shape index (κ1) is 13.5. The molecule has 0 unspecified atom stereocenters. The van der Waals surface area contributed by atoms with Gasteiger partial charge in [0.15, 0.2) is 0 Å². The lowest BCUT2D eigenvalue weighted by Crippen LogP contribution is -2.54. The van der Waals surface area contributed by atoms with Gasteiger partial charge in [-0.25, -0.2) is 0 Å². The van der Waals surface area contributed by atoms with Crippen molar-refractivity contribution in [1.29, 1.82) is 0 Å². The molecule has 0 aromatic carbocycles. The lowest BCUT2D eigenvalue weighted by molar-refractivity contribution is 0.264. The van der Waals surface area contributed by atoms with Gasteiger partial charge in [-0.05, 0) is 32.6 Å². The van der Waals surface area contributed by atoms with E-state index in [1.54, 1.807) is 0 Å². The van der Waals surface area contributed by atoms with Crippen molar-refractivity contribution in [3.8, 4) is 0 Å². The van der Waals surface area contributed by atoms with Crippen molar-refractivity contribution in [3.05, 3.63) is 0 Å². The summed E-state index contributed by atoms with van der Waals surface area (Å²) in [7, 11) is 0. The molecule has 1 atom stereocenters. The van der Waals surface area contributed by atoms with Gasteiger partial charge in [0.2, 0.25) is 0 Å². The molecule has 2 N–H and O–H groups in total. The van der Waals surface area contributed by atoms with E-state index in [4.69, 9.17) is 0 Å². The molecule has 1 heterocycles. The maximum Gasteiger partial charge on any atom is 0.114 e. The van der Waals surface area contributed by atoms with Gasteiger partial charge in [0.25, 0.3) is 0 Å². The van der Waals surface area contributed by atoms with E-state index >= 15 is 0 Å². The van der Waals surface area contributed by atoms with Crippen molar-refractivity contribution in [2.45, 2.75) is 59.5 Å². The third-order valence-corrected chi connectivity index (χ3v) is 2.69. The lowest BCUT2D eigenvalue weighted by Gasteiger charge is -2.36. The molecule has 0 aliphatic carbocycles. The van der Waals surface area contributed by atoms with Crippen LogP contribution in [0.4, 0.5) is 0 Å². The average Bonchev–Trinajstić information content (AvgIpc) is 2.04. The van der Waals surface area contributed by atoms with E-state index in [-0.39, 0.29) is 5.54 Å². The molecule has 3 heteroatoms. The molecular formula is C13H27N3. The highest BCUT2D eigenvalue weighted by molar-refractivity contribution is 5.88. The summed E-state index contributed by atoms with van der Waals surface area (Å²) in [5.74, 6) is 1.11. The van der Waals surface area contributed by atoms with E-state index in [2.05, 4.69) is 57.2 Å². The number of rotatable bonds is 2. The van der Waals surface area contributed by atoms with Gasteiger partial charge in [-0.2, -0.15) is 0 Å². The molecule has 0 bridgehead atoms. The summed E-state index contributed by atoms with van der Waals surface area (Å²) in [6, 6.07) is 0.355. The molecule has 0 aromatic heterocycles. The van der Waals surface area contributed by atoms with Gasteiger partial charge in [-0.3, -0.25) is 4.99 Å². The van der Waals surface area contributed by atoms with E-state index in [0.29, 0.717) is 11.5 Å². The van der Waals surface area contributed by atoms with Crippen LogP contribution in [0.3, 0.4) is 0 Å². The average molecular weight is 225 g/mol. The summed E-state index contributed by atoms with van der Waals surface area (Å²) in [5, 5.41) is 7.01. The highest BCUT2D eigenvalue weighted by Gasteiger charge is 2.28. The van der Waals surface area contributed by atoms with Crippen molar-refractivity contribution in [2.75, 3.05) is 13.1 Å². The van der Waals surface area contributed by atoms with Gasteiger partial charge < -0.3 is 10.6 Å². The Morgan fingerprint density at radius 1 is 1.31 bits per heavy atom. The Morgan fingerprint density at radius 3 is 2.44 bits per heavy atom. The topological polar surface area (TPSA) is 36.4 Å². The van der Waals surface area contributed by atoms with Crippen molar-refractivity contribution in [2.24, 2.45) is 10.4 Å². The Kier molecular flexibility index (Phi) is 4.00. The molecule has 1 rings (SSSR count). The number of hydrogen-bond acceptors (Lipinski definition) is 3. The number of hydrogen-bond donors (Lipinski definition) is 2. The molecule has 94 valence electrons. The predicted molar refractivity (Wildman–Crippen MR) is 71.1 cm³/mol. The number of amidine groups is 1. The first-order valence-electron chi connectivity index (χ1n) is 6.26. The number of nitrogens with zero attached hydrogens (tertiary/aromatic N) is 1. The standard InChI is InChI=1S/C13H27N3/c1-10-11(15-8-7-14-10)16-13(5,6)9-12(2,3)4/h10,14H,7-9H2,1-6H3,(H,15,16)/t10-/m0/s1.